The fraction of sp³-hybridized carbons (Fsp3) is 0.462. The van der Waals surface area contributed by atoms with Crippen molar-refractivity contribution in [1.29, 1.82) is 0 Å². The van der Waals surface area contributed by atoms with Crippen molar-refractivity contribution in [2.45, 2.75) is 43.0 Å². The van der Waals surface area contributed by atoms with Crippen LogP contribution in [0.3, 0.4) is 0 Å². The average Bonchev–Trinajstić information content (AvgIpc) is 2.75. The molecule has 0 aliphatic rings. The summed E-state index contributed by atoms with van der Waals surface area (Å²) in [5.41, 5.74) is 1.05. The maximum Gasteiger partial charge on any atom is 0.156 e. The Morgan fingerprint density at radius 2 is 2.11 bits per heavy atom. The number of hydrogen-bond acceptors (Lipinski definition) is 6. The molecule has 0 bridgehead atoms. The fourth-order valence-corrected chi connectivity index (χ4v) is 3.29. The molecule has 0 saturated carbocycles. The highest BCUT2D eigenvalue weighted by Gasteiger charge is 2.10. The monoisotopic (exact) mass is 294 g/mol. The summed E-state index contributed by atoms with van der Waals surface area (Å²) >= 11 is 3.25. The van der Waals surface area contributed by atoms with Crippen LogP contribution in [0.25, 0.3) is 0 Å². The summed E-state index contributed by atoms with van der Waals surface area (Å²) in [6, 6.07) is 1.98. The van der Waals surface area contributed by atoms with Gasteiger partial charge in [-0.3, -0.25) is 0 Å². The molecule has 0 fully saturated rings. The van der Waals surface area contributed by atoms with Crippen LogP contribution in [0.5, 0.6) is 0 Å². The molecule has 6 heteroatoms. The maximum atomic E-state index is 4.60. The first-order valence-corrected chi connectivity index (χ1v) is 8.01. The normalized spacial score (nSPS) is 11.0. The third-order valence-electron chi connectivity index (χ3n) is 2.38. The van der Waals surface area contributed by atoms with Crippen molar-refractivity contribution in [3.05, 3.63) is 23.0 Å². The van der Waals surface area contributed by atoms with Crippen molar-refractivity contribution >= 4 is 28.9 Å². The van der Waals surface area contributed by atoms with Gasteiger partial charge in [-0.1, -0.05) is 13.8 Å². The molecule has 4 nitrogen and oxygen atoms in total. The number of anilines is 1. The van der Waals surface area contributed by atoms with Gasteiger partial charge in [-0.2, -0.15) is 0 Å². The smallest absolute Gasteiger partial charge is 0.156 e. The van der Waals surface area contributed by atoms with Gasteiger partial charge in [-0.05, 0) is 25.6 Å². The van der Waals surface area contributed by atoms with E-state index in [-0.39, 0.29) is 0 Å². The zero-order valence-corrected chi connectivity index (χ0v) is 13.2. The summed E-state index contributed by atoms with van der Waals surface area (Å²) in [5.74, 6) is 2.07. The molecule has 2 rings (SSSR count). The molecule has 19 heavy (non-hydrogen) atoms. The summed E-state index contributed by atoms with van der Waals surface area (Å²) in [4.78, 5) is 13.6. The summed E-state index contributed by atoms with van der Waals surface area (Å²) in [6.45, 7) is 9.13. The summed E-state index contributed by atoms with van der Waals surface area (Å²) < 4.78 is 1.02. The third-order valence-corrected chi connectivity index (χ3v) is 4.36. The van der Waals surface area contributed by atoms with Crippen molar-refractivity contribution in [1.82, 2.24) is 15.0 Å². The Balaban J connectivity index is 2.27. The average molecular weight is 294 g/mol. The molecule has 0 aliphatic heterocycles. The van der Waals surface area contributed by atoms with Crippen molar-refractivity contribution in [3.8, 4) is 0 Å². The molecule has 2 aromatic heterocycles. The third kappa shape index (κ3) is 3.91. The van der Waals surface area contributed by atoms with Crippen molar-refractivity contribution in [2.24, 2.45) is 0 Å². The van der Waals surface area contributed by atoms with Gasteiger partial charge in [0.15, 0.2) is 4.34 Å². The second-order valence-corrected chi connectivity index (χ2v) is 6.62. The first-order valence-electron chi connectivity index (χ1n) is 6.31. The van der Waals surface area contributed by atoms with Gasteiger partial charge >= 0.3 is 0 Å². The van der Waals surface area contributed by atoms with Crippen molar-refractivity contribution < 1.29 is 0 Å². The molecule has 0 spiro atoms. The van der Waals surface area contributed by atoms with Crippen LogP contribution in [0.4, 0.5) is 5.82 Å². The molecule has 0 aromatic carbocycles. The van der Waals surface area contributed by atoms with E-state index in [1.807, 2.05) is 13.0 Å². The SMILES string of the molecule is CCNc1cc(Sc2nc(C)cs2)nc(C(C)C)n1. The molecule has 0 unspecified atom stereocenters. The lowest BCUT2D eigenvalue weighted by atomic mass is 10.2. The molecule has 0 radical (unpaired) electrons. The van der Waals surface area contributed by atoms with E-state index in [1.54, 1.807) is 23.1 Å². The molecule has 0 saturated heterocycles. The maximum absolute atomic E-state index is 4.60. The quantitative estimate of drug-likeness (QED) is 0.846. The predicted molar refractivity (Wildman–Crippen MR) is 81.3 cm³/mol. The minimum absolute atomic E-state index is 0.316. The lowest BCUT2D eigenvalue weighted by Gasteiger charge is -2.09. The van der Waals surface area contributed by atoms with E-state index in [9.17, 15) is 0 Å². The van der Waals surface area contributed by atoms with Crippen LogP contribution >= 0.6 is 23.1 Å². The number of aryl methyl sites for hydroxylation is 1. The van der Waals surface area contributed by atoms with Gasteiger partial charge < -0.3 is 5.32 Å². The molecular weight excluding hydrogens is 276 g/mol. The van der Waals surface area contributed by atoms with Gasteiger partial charge in [0.1, 0.15) is 16.7 Å². The highest BCUT2D eigenvalue weighted by atomic mass is 32.2. The number of hydrogen-bond donors (Lipinski definition) is 1. The molecule has 2 heterocycles. The minimum Gasteiger partial charge on any atom is -0.370 e. The van der Waals surface area contributed by atoms with Crippen molar-refractivity contribution in [3.63, 3.8) is 0 Å². The van der Waals surface area contributed by atoms with Gasteiger partial charge in [0, 0.05) is 29.6 Å². The van der Waals surface area contributed by atoms with Gasteiger partial charge in [-0.15, -0.1) is 11.3 Å². The standard InChI is InChI=1S/C13H18N4S2/c1-5-14-10-6-11(17-12(16-10)8(2)3)19-13-15-9(4)7-18-13/h6-8H,5H2,1-4H3,(H,14,16,17). The number of nitrogens with one attached hydrogen (secondary N) is 1. The molecule has 1 N–H and O–H groups in total. The Labute approximate surface area is 122 Å². The van der Waals surface area contributed by atoms with Crippen molar-refractivity contribution in [2.75, 3.05) is 11.9 Å². The number of nitrogens with zero attached hydrogens (tertiary/aromatic N) is 3. The minimum atomic E-state index is 0.316. The molecule has 0 aliphatic carbocycles. The molecule has 0 atom stereocenters. The zero-order valence-electron chi connectivity index (χ0n) is 11.6. The van der Waals surface area contributed by atoms with Crippen LogP contribution < -0.4 is 5.32 Å². The first kappa shape index (κ1) is 14.3. The molecular formula is C13H18N4S2. The Morgan fingerprint density at radius 3 is 2.68 bits per heavy atom. The van der Waals surface area contributed by atoms with E-state index < -0.39 is 0 Å². The zero-order chi connectivity index (χ0) is 13.8. The molecule has 2 aromatic rings. The lowest BCUT2D eigenvalue weighted by molar-refractivity contribution is 0.754. The van der Waals surface area contributed by atoms with Crippen LogP contribution in [-0.4, -0.2) is 21.5 Å². The summed E-state index contributed by atoms with van der Waals surface area (Å²) in [6.07, 6.45) is 0. The van der Waals surface area contributed by atoms with Gasteiger partial charge in [0.25, 0.3) is 0 Å². The number of aromatic nitrogens is 3. The van der Waals surface area contributed by atoms with E-state index in [0.717, 1.165) is 33.2 Å². The van der Waals surface area contributed by atoms with Crippen LogP contribution in [-0.2, 0) is 0 Å². The van der Waals surface area contributed by atoms with Gasteiger partial charge in [0.2, 0.25) is 0 Å². The number of rotatable bonds is 5. The second-order valence-electron chi connectivity index (χ2n) is 4.49. The second kappa shape index (κ2) is 6.34. The van der Waals surface area contributed by atoms with E-state index in [2.05, 4.69) is 46.4 Å². The Kier molecular flexibility index (Phi) is 4.76. The van der Waals surface area contributed by atoms with Gasteiger partial charge in [-0.25, -0.2) is 15.0 Å². The van der Waals surface area contributed by atoms with Gasteiger partial charge in [0.05, 0.1) is 0 Å². The fourth-order valence-electron chi connectivity index (χ4n) is 1.49. The lowest BCUT2D eigenvalue weighted by Crippen LogP contribution is -2.05. The van der Waals surface area contributed by atoms with E-state index in [0.29, 0.717) is 5.92 Å². The van der Waals surface area contributed by atoms with Crippen LogP contribution in [0.1, 0.15) is 38.2 Å². The first-order chi connectivity index (χ1) is 9.08. The summed E-state index contributed by atoms with van der Waals surface area (Å²) in [7, 11) is 0. The largest absolute Gasteiger partial charge is 0.370 e. The predicted octanol–water partition coefficient (Wildman–Crippen LogP) is 3.95. The van der Waals surface area contributed by atoms with Crippen LogP contribution in [0, 0.1) is 6.92 Å². The van der Waals surface area contributed by atoms with Crippen LogP contribution in [0.2, 0.25) is 0 Å². The van der Waals surface area contributed by atoms with E-state index in [4.69, 9.17) is 0 Å². The van der Waals surface area contributed by atoms with E-state index >= 15 is 0 Å². The topological polar surface area (TPSA) is 50.7 Å². The highest BCUT2D eigenvalue weighted by Crippen LogP contribution is 2.30. The molecule has 0 amide bonds. The highest BCUT2D eigenvalue weighted by molar-refractivity contribution is 8.01. The van der Waals surface area contributed by atoms with Crippen LogP contribution in [0.15, 0.2) is 20.8 Å². The summed E-state index contributed by atoms with van der Waals surface area (Å²) in [5, 5.41) is 6.25. The molecule has 102 valence electrons. The Morgan fingerprint density at radius 1 is 1.32 bits per heavy atom. The van der Waals surface area contributed by atoms with E-state index in [1.165, 1.54) is 0 Å². The Hall–Kier alpha value is -1.14. The number of thiazole rings is 1. The Bertz CT molecular complexity index is 551.